The summed E-state index contributed by atoms with van der Waals surface area (Å²) in [5.41, 5.74) is 5.47. The van der Waals surface area contributed by atoms with Crippen LogP contribution in [0.5, 0.6) is 0 Å². The molecule has 0 saturated carbocycles. The van der Waals surface area contributed by atoms with E-state index in [1.165, 1.54) is 22.4 Å². The molecule has 0 atom stereocenters. The molecule has 2 N–H and O–H groups in total. The number of rotatable bonds is 3. The molecule has 1 saturated heterocycles. The lowest BCUT2D eigenvalue weighted by Gasteiger charge is -2.37. The van der Waals surface area contributed by atoms with E-state index in [9.17, 15) is 0 Å². The van der Waals surface area contributed by atoms with Gasteiger partial charge < -0.3 is 15.1 Å². The first kappa shape index (κ1) is 21.7. The molecule has 2 aromatic carbocycles. The maximum absolute atomic E-state index is 9.10. The summed E-state index contributed by atoms with van der Waals surface area (Å²) in [7, 11) is 0. The normalized spacial score (nSPS) is 14.2. The monoisotopic (exact) mass is 404 g/mol. The van der Waals surface area contributed by atoms with Crippen LogP contribution in [0, 0.1) is 13.8 Å². The van der Waals surface area contributed by atoms with E-state index in [1.807, 2.05) is 12.1 Å². The number of anilines is 1. The van der Waals surface area contributed by atoms with Crippen LogP contribution in [0.15, 0.2) is 42.5 Å². The highest BCUT2D eigenvalue weighted by Crippen LogP contribution is 2.24. The van der Waals surface area contributed by atoms with Crippen molar-refractivity contribution in [1.29, 1.82) is 0 Å². The Hall–Kier alpha value is -2.57. The molecule has 0 unspecified atom stereocenters. The van der Waals surface area contributed by atoms with Gasteiger partial charge in [0.05, 0.1) is 0 Å². The third-order valence-corrected chi connectivity index (χ3v) is 5.00. The second-order valence-corrected chi connectivity index (χ2v) is 7.16. The van der Waals surface area contributed by atoms with E-state index >= 15 is 0 Å². The minimum atomic E-state index is -1.82. The van der Waals surface area contributed by atoms with Crippen molar-refractivity contribution in [2.75, 3.05) is 31.1 Å². The van der Waals surface area contributed by atoms with Crippen LogP contribution in [-0.2, 0) is 16.1 Å². The number of carboxylic acid groups (broad SMARTS) is 2. The number of aryl methyl sites for hydroxylation is 1. The molecule has 7 heteroatoms. The molecule has 0 amide bonds. The lowest BCUT2D eigenvalue weighted by atomic mass is 10.1. The Bertz CT molecular complexity index is 821. The van der Waals surface area contributed by atoms with Crippen molar-refractivity contribution in [1.82, 2.24) is 4.90 Å². The first-order valence-electron chi connectivity index (χ1n) is 9.02. The predicted octanol–water partition coefficient (Wildman–Crippen LogP) is 3.43. The number of benzene rings is 2. The fourth-order valence-electron chi connectivity index (χ4n) is 3.12. The number of piperazine rings is 1. The van der Waals surface area contributed by atoms with E-state index in [4.69, 9.17) is 31.4 Å². The van der Waals surface area contributed by atoms with E-state index in [2.05, 4.69) is 54.0 Å². The first-order chi connectivity index (χ1) is 13.3. The highest BCUT2D eigenvalue weighted by atomic mass is 35.5. The third-order valence-electron chi connectivity index (χ3n) is 4.77. The zero-order valence-electron chi connectivity index (χ0n) is 16.1. The molecule has 1 heterocycles. The van der Waals surface area contributed by atoms with Gasteiger partial charge in [0, 0.05) is 43.4 Å². The molecular formula is C21H25ClN2O4. The number of carboxylic acids is 2. The minimum absolute atomic E-state index is 0.825. The van der Waals surface area contributed by atoms with Crippen molar-refractivity contribution in [3.05, 3.63) is 64.2 Å². The van der Waals surface area contributed by atoms with Gasteiger partial charge in [0.2, 0.25) is 0 Å². The summed E-state index contributed by atoms with van der Waals surface area (Å²) in [5, 5.41) is 15.6. The Morgan fingerprint density at radius 1 is 0.964 bits per heavy atom. The number of carbonyl (C=O) groups is 2. The van der Waals surface area contributed by atoms with E-state index in [0.717, 1.165) is 37.7 Å². The molecule has 28 heavy (non-hydrogen) atoms. The topological polar surface area (TPSA) is 81.1 Å². The van der Waals surface area contributed by atoms with Gasteiger partial charge in [0.1, 0.15) is 0 Å². The lowest BCUT2D eigenvalue weighted by Crippen LogP contribution is -2.46. The largest absolute Gasteiger partial charge is 0.473 e. The molecule has 0 radical (unpaired) electrons. The van der Waals surface area contributed by atoms with Gasteiger partial charge in [-0.3, -0.25) is 4.90 Å². The molecule has 1 aliphatic rings. The molecule has 6 nitrogen and oxygen atoms in total. The van der Waals surface area contributed by atoms with Crippen LogP contribution in [0.4, 0.5) is 5.69 Å². The molecule has 1 fully saturated rings. The molecule has 0 spiro atoms. The Morgan fingerprint density at radius 2 is 1.57 bits per heavy atom. The molecule has 3 rings (SSSR count). The second kappa shape index (κ2) is 10.1. The highest BCUT2D eigenvalue weighted by molar-refractivity contribution is 6.30. The Morgan fingerprint density at radius 3 is 2.14 bits per heavy atom. The van der Waals surface area contributed by atoms with Crippen molar-refractivity contribution < 1.29 is 19.8 Å². The molecule has 2 aromatic rings. The van der Waals surface area contributed by atoms with Gasteiger partial charge >= 0.3 is 11.9 Å². The minimum Gasteiger partial charge on any atom is -0.473 e. The smallest absolute Gasteiger partial charge is 0.414 e. The Labute approximate surface area is 170 Å². The van der Waals surface area contributed by atoms with Crippen molar-refractivity contribution >= 4 is 29.2 Å². The molecule has 0 bridgehead atoms. The predicted molar refractivity (Wildman–Crippen MR) is 110 cm³/mol. The zero-order chi connectivity index (χ0) is 20.7. The molecular weight excluding hydrogens is 380 g/mol. The summed E-state index contributed by atoms with van der Waals surface area (Å²) in [6.45, 7) is 9.77. The summed E-state index contributed by atoms with van der Waals surface area (Å²) in [4.78, 5) is 23.2. The highest BCUT2D eigenvalue weighted by Gasteiger charge is 2.18. The van der Waals surface area contributed by atoms with Gasteiger partial charge in [-0.15, -0.1) is 0 Å². The second-order valence-electron chi connectivity index (χ2n) is 6.72. The summed E-state index contributed by atoms with van der Waals surface area (Å²) in [6, 6.07) is 14.8. The van der Waals surface area contributed by atoms with Gasteiger partial charge in [0.25, 0.3) is 0 Å². The Balaban J connectivity index is 0.000000409. The zero-order valence-corrected chi connectivity index (χ0v) is 16.8. The standard InChI is InChI=1S/C19H23ClN2.C2H2O4/c1-15-5-3-8-19(16(15)2)22-11-9-21(10-12-22)14-17-6-4-7-18(20)13-17;3-1(4)2(5)6/h3-8,13H,9-12,14H2,1-2H3;(H,3,4)(H,5,6). The van der Waals surface area contributed by atoms with Crippen LogP contribution in [0.2, 0.25) is 5.02 Å². The maximum Gasteiger partial charge on any atom is 0.414 e. The van der Waals surface area contributed by atoms with Crippen LogP contribution in [0.3, 0.4) is 0 Å². The van der Waals surface area contributed by atoms with Crippen molar-refractivity contribution in [2.24, 2.45) is 0 Å². The van der Waals surface area contributed by atoms with E-state index < -0.39 is 11.9 Å². The van der Waals surface area contributed by atoms with Crippen LogP contribution in [0.25, 0.3) is 0 Å². The molecule has 0 aromatic heterocycles. The summed E-state index contributed by atoms with van der Waals surface area (Å²) < 4.78 is 0. The van der Waals surface area contributed by atoms with Gasteiger partial charge in [-0.25, -0.2) is 9.59 Å². The van der Waals surface area contributed by atoms with E-state index in [0.29, 0.717) is 0 Å². The maximum atomic E-state index is 9.10. The molecule has 1 aliphatic heterocycles. The van der Waals surface area contributed by atoms with Crippen molar-refractivity contribution in [2.45, 2.75) is 20.4 Å². The summed E-state index contributed by atoms with van der Waals surface area (Å²) in [5.74, 6) is -3.65. The van der Waals surface area contributed by atoms with Crippen molar-refractivity contribution in [3.63, 3.8) is 0 Å². The Kier molecular flexibility index (Phi) is 7.84. The fourth-order valence-corrected chi connectivity index (χ4v) is 3.33. The van der Waals surface area contributed by atoms with Gasteiger partial charge in [-0.05, 0) is 48.7 Å². The number of nitrogens with zero attached hydrogens (tertiary/aromatic N) is 2. The quantitative estimate of drug-likeness (QED) is 0.763. The van der Waals surface area contributed by atoms with Gasteiger partial charge in [-0.2, -0.15) is 0 Å². The molecule has 150 valence electrons. The van der Waals surface area contributed by atoms with E-state index in [1.54, 1.807) is 0 Å². The van der Waals surface area contributed by atoms with E-state index in [-0.39, 0.29) is 0 Å². The number of hydrogen-bond acceptors (Lipinski definition) is 4. The van der Waals surface area contributed by atoms with Crippen LogP contribution < -0.4 is 4.90 Å². The summed E-state index contributed by atoms with van der Waals surface area (Å²) >= 11 is 6.07. The van der Waals surface area contributed by atoms with Crippen LogP contribution in [-0.4, -0.2) is 53.2 Å². The SMILES string of the molecule is Cc1cccc(N2CCN(Cc3cccc(Cl)c3)CC2)c1C.O=C(O)C(=O)O. The lowest BCUT2D eigenvalue weighted by molar-refractivity contribution is -0.159. The first-order valence-corrected chi connectivity index (χ1v) is 9.40. The number of halogens is 1. The average Bonchev–Trinajstić information content (AvgIpc) is 2.65. The van der Waals surface area contributed by atoms with Crippen LogP contribution >= 0.6 is 11.6 Å². The molecule has 0 aliphatic carbocycles. The number of aliphatic carboxylic acids is 2. The summed E-state index contributed by atoms with van der Waals surface area (Å²) in [6.07, 6.45) is 0. The van der Waals surface area contributed by atoms with Crippen LogP contribution in [0.1, 0.15) is 16.7 Å². The van der Waals surface area contributed by atoms with Gasteiger partial charge in [-0.1, -0.05) is 35.9 Å². The third kappa shape index (κ3) is 6.25. The fraction of sp³-hybridized carbons (Fsp3) is 0.333. The van der Waals surface area contributed by atoms with Gasteiger partial charge in [0.15, 0.2) is 0 Å². The average molecular weight is 405 g/mol. The number of hydrogen-bond donors (Lipinski definition) is 2. The van der Waals surface area contributed by atoms with Crippen molar-refractivity contribution in [3.8, 4) is 0 Å².